The van der Waals surface area contributed by atoms with Crippen molar-refractivity contribution in [3.63, 3.8) is 0 Å². The van der Waals surface area contributed by atoms with Crippen molar-refractivity contribution in [2.24, 2.45) is 0 Å². The van der Waals surface area contributed by atoms with Crippen molar-refractivity contribution in [3.8, 4) is 0 Å². The highest BCUT2D eigenvalue weighted by atomic mass is 16.6. The smallest absolute Gasteiger partial charge is 0.332 e. The number of esters is 2. The lowest BCUT2D eigenvalue weighted by Crippen LogP contribution is -2.16. The van der Waals surface area contributed by atoms with Crippen LogP contribution in [-0.2, 0) is 14.3 Å². The van der Waals surface area contributed by atoms with E-state index < -0.39 is 11.9 Å². The summed E-state index contributed by atoms with van der Waals surface area (Å²) in [4.78, 5) is 20.6. The van der Waals surface area contributed by atoms with Gasteiger partial charge in [-0.1, -0.05) is 0 Å². The van der Waals surface area contributed by atoms with Gasteiger partial charge >= 0.3 is 11.9 Å². The maximum atomic E-state index is 10.5. The first kappa shape index (κ1) is 6.22. The van der Waals surface area contributed by atoms with Crippen molar-refractivity contribution < 1.29 is 14.3 Å². The average Bonchev–Trinajstić information content (AvgIpc) is 2.40. The van der Waals surface area contributed by atoms with Crippen LogP contribution in [0.5, 0.6) is 0 Å². The fraction of sp³-hybridized carbons (Fsp3) is 0.600. The summed E-state index contributed by atoms with van der Waals surface area (Å²) in [6.45, 7) is 1.84. The van der Waals surface area contributed by atoms with E-state index in [-0.39, 0.29) is 6.04 Å². The molecule has 0 aliphatic carbocycles. The maximum Gasteiger partial charge on any atom is 0.332 e. The summed E-state index contributed by atoms with van der Waals surface area (Å²) in [6, 6.07) is -0.228. The monoisotopic (exact) mass is 129 g/mol. The highest BCUT2D eigenvalue weighted by Crippen LogP contribution is 1.98. The fourth-order valence-electron chi connectivity index (χ4n) is 0.438. The molecule has 1 atom stereocenters. The van der Waals surface area contributed by atoms with Gasteiger partial charge in [-0.3, -0.25) is 4.79 Å². The standard InChI is InChI=1S/C5H7NO3/c1-3(7)9-5(8)4-2-6-4/h4,6H,2H2,1H3. The van der Waals surface area contributed by atoms with Crippen LogP contribution >= 0.6 is 0 Å². The molecule has 0 aromatic rings. The van der Waals surface area contributed by atoms with Gasteiger partial charge in [-0.2, -0.15) is 0 Å². The Bertz CT molecular complexity index is 150. The first-order chi connectivity index (χ1) is 4.20. The van der Waals surface area contributed by atoms with Crippen LogP contribution in [0, 0.1) is 0 Å². The Labute approximate surface area is 52.2 Å². The molecule has 0 amide bonds. The molecule has 0 spiro atoms. The van der Waals surface area contributed by atoms with Crippen LogP contribution in [-0.4, -0.2) is 24.5 Å². The number of carbonyl (C=O) groups excluding carboxylic acids is 2. The molecule has 1 aliphatic rings. The van der Waals surface area contributed by atoms with Crippen molar-refractivity contribution in [2.75, 3.05) is 6.54 Å². The number of hydrogen-bond acceptors (Lipinski definition) is 4. The molecular weight excluding hydrogens is 122 g/mol. The van der Waals surface area contributed by atoms with Gasteiger partial charge in [0.05, 0.1) is 0 Å². The first-order valence-electron chi connectivity index (χ1n) is 2.66. The Morgan fingerprint density at radius 2 is 2.22 bits per heavy atom. The van der Waals surface area contributed by atoms with E-state index in [1.54, 1.807) is 0 Å². The Kier molecular flexibility index (Phi) is 1.48. The molecule has 0 bridgehead atoms. The summed E-state index contributed by atoms with van der Waals surface area (Å²) in [6.07, 6.45) is 0. The van der Waals surface area contributed by atoms with Crippen LogP contribution < -0.4 is 5.32 Å². The third kappa shape index (κ3) is 1.81. The molecule has 9 heavy (non-hydrogen) atoms. The molecule has 50 valence electrons. The van der Waals surface area contributed by atoms with E-state index in [9.17, 15) is 9.59 Å². The summed E-state index contributed by atoms with van der Waals surface area (Å²) in [5.41, 5.74) is 0. The minimum absolute atomic E-state index is 0.228. The largest absolute Gasteiger partial charge is 0.392 e. The van der Waals surface area contributed by atoms with Crippen LogP contribution in [0.2, 0.25) is 0 Å². The van der Waals surface area contributed by atoms with Gasteiger partial charge in [0.25, 0.3) is 0 Å². The fourth-order valence-corrected chi connectivity index (χ4v) is 0.438. The van der Waals surface area contributed by atoms with Gasteiger partial charge in [0.2, 0.25) is 0 Å². The zero-order chi connectivity index (χ0) is 6.85. The SMILES string of the molecule is CC(=O)OC(=O)C1CN1. The second-order valence-electron chi connectivity index (χ2n) is 1.87. The molecule has 1 rings (SSSR count). The Morgan fingerprint density at radius 3 is 2.56 bits per heavy atom. The van der Waals surface area contributed by atoms with Crippen LogP contribution in [0.4, 0.5) is 0 Å². The van der Waals surface area contributed by atoms with Crippen molar-refractivity contribution in [1.82, 2.24) is 5.32 Å². The summed E-state index contributed by atoms with van der Waals surface area (Å²) in [5.74, 6) is -1.02. The zero-order valence-corrected chi connectivity index (χ0v) is 5.01. The average molecular weight is 129 g/mol. The number of carbonyl (C=O) groups is 2. The van der Waals surface area contributed by atoms with Crippen molar-refractivity contribution in [3.05, 3.63) is 0 Å². The molecule has 1 heterocycles. The minimum atomic E-state index is -0.547. The Hall–Kier alpha value is -0.900. The predicted molar refractivity (Wildman–Crippen MR) is 28.6 cm³/mol. The third-order valence-corrected chi connectivity index (χ3v) is 0.937. The lowest BCUT2D eigenvalue weighted by Gasteiger charge is -1.92. The summed E-state index contributed by atoms with van der Waals surface area (Å²) >= 11 is 0. The highest BCUT2D eigenvalue weighted by Gasteiger charge is 2.31. The van der Waals surface area contributed by atoms with Gasteiger partial charge < -0.3 is 10.1 Å². The molecule has 1 unspecified atom stereocenters. The third-order valence-electron chi connectivity index (χ3n) is 0.937. The number of ether oxygens (including phenoxy) is 1. The van der Waals surface area contributed by atoms with E-state index in [2.05, 4.69) is 10.1 Å². The lowest BCUT2D eigenvalue weighted by atomic mass is 10.5. The normalized spacial score (nSPS) is 23.0. The molecule has 1 saturated heterocycles. The Morgan fingerprint density at radius 1 is 1.67 bits per heavy atom. The predicted octanol–water partition coefficient (Wildman–Crippen LogP) is -0.952. The lowest BCUT2D eigenvalue weighted by molar-refractivity contribution is -0.157. The van der Waals surface area contributed by atoms with Gasteiger partial charge in [0.1, 0.15) is 6.04 Å². The van der Waals surface area contributed by atoms with Gasteiger partial charge in [0, 0.05) is 13.5 Å². The first-order valence-corrected chi connectivity index (χ1v) is 2.66. The van der Waals surface area contributed by atoms with Crippen LogP contribution in [0.1, 0.15) is 6.92 Å². The summed E-state index contributed by atoms with van der Waals surface area (Å²) < 4.78 is 4.23. The van der Waals surface area contributed by atoms with E-state index >= 15 is 0 Å². The quantitative estimate of drug-likeness (QED) is 0.281. The molecule has 0 radical (unpaired) electrons. The van der Waals surface area contributed by atoms with Crippen LogP contribution in [0.15, 0.2) is 0 Å². The molecule has 4 nitrogen and oxygen atoms in total. The molecule has 0 aromatic heterocycles. The van der Waals surface area contributed by atoms with E-state index in [0.717, 1.165) is 0 Å². The van der Waals surface area contributed by atoms with Crippen molar-refractivity contribution >= 4 is 11.9 Å². The summed E-state index contributed by atoms with van der Waals surface area (Å²) in [5, 5.41) is 2.71. The molecule has 0 saturated carbocycles. The van der Waals surface area contributed by atoms with Crippen molar-refractivity contribution in [1.29, 1.82) is 0 Å². The Balaban J connectivity index is 2.26. The minimum Gasteiger partial charge on any atom is -0.392 e. The van der Waals surface area contributed by atoms with Crippen molar-refractivity contribution in [2.45, 2.75) is 13.0 Å². The van der Waals surface area contributed by atoms with Gasteiger partial charge in [-0.25, -0.2) is 4.79 Å². The van der Waals surface area contributed by atoms with Crippen LogP contribution in [0.3, 0.4) is 0 Å². The molecule has 1 aliphatic heterocycles. The van der Waals surface area contributed by atoms with E-state index in [0.29, 0.717) is 6.54 Å². The van der Waals surface area contributed by atoms with Gasteiger partial charge in [-0.05, 0) is 0 Å². The van der Waals surface area contributed by atoms with Gasteiger partial charge in [0.15, 0.2) is 0 Å². The van der Waals surface area contributed by atoms with Gasteiger partial charge in [-0.15, -0.1) is 0 Å². The topological polar surface area (TPSA) is 65.3 Å². The highest BCUT2D eigenvalue weighted by molar-refractivity contribution is 5.89. The second kappa shape index (κ2) is 2.14. The maximum absolute atomic E-state index is 10.5. The molecular formula is C5H7NO3. The second-order valence-corrected chi connectivity index (χ2v) is 1.87. The van der Waals surface area contributed by atoms with E-state index in [4.69, 9.17) is 0 Å². The molecule has 0 aromatic carbocycles. The van der Waals surface area contributed by atoms with E-state index in [1.807, 2.05) is 0 Å². The number of nitrogens with one attached hydrogen (secondary N) is 1. The zero-order valence-electron chi connectivity index (χ0n) is 5.01. The molecule has 1 fully saturated rings. The van der Waals surface area contributed by atoms with Crippen LogP contribution in [0.25, 0.3) is 0 Å². The number of hydrogen-bond donors (Lipinski definition) is 1. The van der Waals surface area contributed by atoms with E-state index in [1.165, 1.54) is 6.92 Å². The summed E-state index contributed by atoms with van der Waals surface area (Å²) in [7, 11) is 0. The molecule has 4 heteroatoms. The molecule has 1 N–H and O–H groups in total. The number of rotatable bonds is 1.